The van der Waals surface area contributed by atoms with Gasteiger partial charge in [-0.2, -0.15) is 4.73 Å². The predicted octanol–water partition coefficient (Wildman–Crippen LogP) is 2.44. The van der Waals surface area contributed by atoms with Gasteiger partial charge < -0.3 is 10.5 Å². The first-order chi connectivity index (χ1) is 12.9. The fraction of sp³-hybridized carbons (Fsp3) is 0.111. The molecule has 1 fully saturated rings. The summed E-state index contributed by atoms with van der Waals surface area (Å²) in [5.74, 6) is -0.866. The maximum atomic E-state index is 12.4. The minimum atomic E-state index is -0.455. The Balaban J connectivity index is 1.59. The summed E-state index contributed by atoms with van der Waals surface area (Å²) in [6, 6.07) is 9.85. The number of rotatable bonds is 5. The molecule has 0 unspecified atom stereocenters. The molecule has 1 aliphatic heterocycles. The van der Waals surface area contributed by atoms with E-state index in [4.69, 9.17) is 11.6 Å². The van der Waals surface area contributed by atoms with Crippen molar-refractivity contribution >= 4 is 46.5 Å². The van der Waals surface area contributed by atoms with Crippen LogP contribution in [0.5, 0.6) is 0 Å². The van der Waals surface area contributed by atoms with Crippen molar-refractivity contribution in [1.29, 1.82) is 0 Å². The number of thioether (sulfide) groups is 1. The third-order valence-electron chi connectivity index (χ3n) is 3.70. The summed E-state index contributed by atoms with van der Waals surface area (Å²) in [4.78, 5) is 37.9. The molecule has 7 nitrogen and oxygen atoms in total. The average molecular weight is 404 g/mol. The Morgan fingerprint density at radius 2 is 2.00 bits per heavy atom. The highest BCUT2D eigenvalue weighted by Crippen LogP contribution is 2.32. The summed E-state index contributed by atoms with van der Waals surface area (Å²) in [7, 11) is 0. The maximum Gasteiger partial charge on any atom is 0.293 e. The molecule has 1 N–H and O–H groups in total. The maximum absolute atomic E-state index is 12.4. The first kappa shape index (κ1) is 18.9. The van der Waals surface area contributed by atoms with Crippen molar-refractivity contribution in [3.8, 4) is 0 Å². The Bertz CT molecular complexity index is 930. The molecule has 0 spiro atoms. The van der Waals surface area contributed by atoms with E-state index in [2.05, 4.69) is 5.32 Å². The molecule has 138 valence electrons. The van der Waals surface area contributed by atoms with Gasteiger partial charge in [0.1, 0.15) is 5.56 Å². The minimum Gasteiger partial charge on any atom is -0.619 e. The van der Waals surface area contributed by atoms with E-state index in [-0.39, 0.29) is 18.7 Å². The van der Waals surface area contributed by atoms with Crippen molar-refractivity contribution in [2.24, 2.45) is 0 Å². The summed E-state index contributed by atoms with van der Waals surface area (Å²) < 4.78 is 0.521. The molecule has 2 aromatic rings. The number of hydrogen-bond donors (Lipinski definition) is 1. The van der Waals surface area contributed by atoms with Gasteiger partial charge in [-0.15, -0.1) is 0 Å². The molecule has 3 amide bonds. The van der Waals surface area contributed by atoms with E-state index in [1.54, 1.807) is 30.3 Å². The van der Waals surface area contributed by atoms with Gasteiger partial charge >= 0.3 is 0 Å². The zero-order valence-corrected chi connectivity index (χ0v) is 15.5. The van der Waals surface area contributed by atoms with Crippen molar-refractivity contribution < 1.29 is 19.1 Å². The van der Waals surface area contributed by atoms with Crippen LogP contribution in [0.3, 0.4) is 0 Å². The summed E-state index contributed by atoms with van der Waals surface area (Å²) in [6.07, 6.45) is 4.03. The van der Waals surface area contributed by atoms with Crippen LogP contribution < -0.4 is 10.0 Å². The van der Waals surface area contributed by atoms with E-state index in [9.17, 15) is 19.6 Å². The Morgan fingerprint density at radius 3 is 2.70 bits per heavy atom. The van der Waals surface area contributed by atoms with Gasteiger partial charge in [-0.05, 0) is 41.6 Å². The molecule has 2 heterocycles. The summed E-state index contributed by atoms with van der Waals surface area (Å²) in [5.41, 5.74) is 0.956. The number of carbonyl (C=O) groups is 3. The Morgan fingerprint density at radius 1 is 1.26 bits per heavy atom. The molecule has 9 heteroatoms. The second kappa shape index (κ2) is 8.24. The molecule has 0 aliphatic carbocycles. The lowest BCUT2D eigenvalue weighted by Crippen LogP contribution is -2.38. The number of pyridine rings is 1. The second-order valence-corrected chi connectivity index (χ2v) is 7.02. The predicted molar refractivity (Wildman–Crippen MR) is 102 cm³/mol. The molecular weight excluding hydrogens is 390 g/mol. The topological polar surface area (TPSA) is 93.4 Å². The smallest absolute Gasteiger partial charge is 0.293 e. The van der Waals surface area contributed by atoms with Crippen LogP contribution in [0.4, 0.5) is 4.79 Å². The van der Waals surface area contributed by atoms with Crippen LogP contribution >= 0.6 is 23.4 Å². The lowest BCUT2D eigenvalue weighted by atomic mass is 10.2. The Labute approximate surface area is 164 Å². The van der Waals surface area contributed by atoms with Gasteiger partial charge in [0.2, 0.25) is 0 Å². The highest BCUT2D eigenvalue weighted by Gasteiger charge is 2.34. The number of halogens is 1. The van der Waals surface area contributed by atoms with Crippen molar-refractivity contribution in [1.82, 2.24) is 10.2 Å². The fourth-order valence-electron chi connectivity index (χ4n) is 2.38. The number of nitrogens with one attached hydrogen (secondary N) is 1. The number of imide groups is 1. The number of nitrogens with zero attached hydrogens (tertiary/aromatic N) is 2. The number of carbonyl (C=O) groups excluding carboxylic acids is 3. The van der Waals surface area contributed by atoms with Crippen LogP contribution in [-0.2, 0) is 4.79 Å². The van der Waals surface area contributed by atoms with Crippen molar-refractivity contribution in [2.45, 2.75) is 0 Å². The van der Waals surface area contributed by atoms with Gasteiger partial charge in [0.05, 0.1) is 4.91 Å². The van der Waals surface area contributed by atoms with Crippen molar-refractivity contribution in [2.75, 3.05) is 13.1 Å². The quantitative estimate of drug-likeness (QED) is 0.470. The highest BCUT2D eigenvalue weighted by atomic mass is 35.5. The second-order valence-electron chi connectivity index (χ2n) is 5.59. The van der Waals surface area contributed by atoms with Crippen LogP contribution in [0.25, 0.3) is 6.08 Å². The Kier molecular flexibility index (Phi) is 5.78. The van der Waals surface area contributed by atoms with E-state index in [0.717, 1.165) is 28.4 Å². The van der Waals surface area contributed by atoms with E-state index in [1.807, 2.05) is 0 Å². The van der Waals surface area contributed by atoms with Gasteiger partial charge in [0.25, 0.3) is 17.1 Å². The van der Waals surface area contributed by atoms with Crippen LogP contribution in [0, 0.1) is 5.21 Å². The molecule has 0 atom stereocenters. The SMILES string of the molecule is O=C(NCCN1C(=O)S/C(=C\c2ccc(Cl)cc2)C1=O)c1ccc[n+]([O-])c1. The van der Waals surface area contributed by atoms with E-state index in [0.29, 0.717) is 14.7 Å². The molecule has 1 aromatic carbocycles. The lowest BCUT2D eigenvalue weighted by Gasteiger charge is -2.12. The van der Waals surface area contributed by atoms with E-state index in [1.165, 1.54) is 18.3 Å². The largest absolute Gasteiger partial charge is 0.619 e. The molecule has 27 heavy (non-hydrogen) atoms. The van der Waals surface area contributed by atoms with Gasteiger partial charge in [0.15, 0.2) is 12.4 Å². The van der Waals surface area contributed by atoms with Crippen LogP contribution in [0.15, 0.2) is 53.7 Å². The monoisotopic (exact) mass is 403 g/mol. The highest BCUT2D eigenvalue weighted by molar-refractivity contribution is 8.18. The van der Waals surface area contributed by atoms with Gasteiger partial charge in [-0.1, -0.05) is 23.7 Å². The van der Waals surface area contributed by atoms with Crippen LogP contribution in [0.1, 0.15) is 15.9 Å². The molecule has 0 saturated carbocycles. The molecule has 3 rings (SSSR count). The molecule has 0 bridgehead atoms. The number of amides is 3. The van der Waals surface area contributed by atoms with E-state index < -0.39 is 17.1 Å². The van der Waals surface area contributed by atoms with Crippen molar-refractivity contribution in [3.05, 3.63) is 75.1 Å². The molecule has 1 aliphatic rings. The number of hydrogen-bond acceptors (Lipinski definition) is 5. The first-order valence-corrected chi connectivity index (χ1v) is 9.11. The molecule has 1 aromatic heterocycles. The normalized spacial score (nSPS) is 15.4. The molecular formula is C18H14ClN3O4S. The van der Waals surface area contributed by atoms with Gasteiger partial charge in [-0.3, -0.25) is 19.3 Å². The van der Waals surface area contributed by atoms with Crippen molar-refractivity contribution in [3.63, 3.8) is 0 Å². The minimum absolute atomic E-state index is 0.0403. The van der Waals surface area contributed by atoms with Crippen LogP contribution in [0.2, 0.25) is 5.02 Å². The van der Waals surface area contributed by atoms with Gasteiger partial charge in [0, 0.05) is 24.2 Å². The number of aromatic nitrogens is 1. The average Bonchev–Trinajstić information content (AvgIpc) is 2.91. The van der Waals surface area contributed by atoms with E-state index >= 15 is 0 Å². The Hall–Kier alpha value is -2.84. The first-order valence-electron chi connectivity index (χ1n) is 7.92. The third kappa shape index (κ3) is 4.66. The standard InChI is InChI=1S/C18H14ClN3O4S/c19-14-5-3-12(4-6-14)10-15-17(24)22(18(25)27-15)9-7-20-16(23)13-2-1-8-21(26)11-13/h1-6,8,10-11H,7,9H2,(H,20,23)/b15-10-. The zero-order valence-electron chi connectivity index (χ0n) is 13.9. The zero-order chi connectivity index (χ0) is 19.4. The third-order valence-corrected chi connectivity index (χ3v) is 4.86. The fourth-order valence-corrected chi connectivity index (χ4v) is 3.37. The molecule has 1 saturated heterocycles. The van der Waals surface area contributed by atoms with Crippen LogP contribution in [-0.4, -0.2) is 35.0 Å². The molecule has 0 radical (unpaired) electrons. The van der Waals surface area contributed by atoms with Gasteiger partial charge in [-0.25, -0.2) is 0 Å². The summed E-state index contributed by atoms with van der Waals surface area (Å²) >= 11 is 6.68. The lowest BCUT2D eigenvalue weighted by molar-refractivity contribution is -0.605. The summed E-state index contributed by atoms with van der Waals surface area (Å²) in [6.45, 7) is 0.122. The summed E-state index contributed by atoms with van der Waals surface area (Å²) in [5, 5.41) is 14.0. The number of benzene rings is 1.